The Morgan fingerprint density at radius 1 is 1.22 bits per heavy atom. The Morgan fingerprint density at radius 2 is 1.96 bits per heavy atom. The van der Waals surface area contributed by atoms with E-state index in [-0.39, 0.29) is 34.1 Å². The van der Waals surface area contributed by atoms with Gasteiger partial charge in [-0.3, -0.25) is 9.59 Å². The van der Waals surface area contributed by atoms with E-state index in [0.717, 1.165) is 10.5 Å². The third-order valence-electron chi connectivity index (χ3n) is 4.26. The standard InChI is InChI=1S/C19H20N2O4S2/c1-12-5-3-4-6-15(12)20-18(22)9-10-27(24,25)14-7-8-17-16(11-14)21-19(23)13(2)26-17/h3-8,11,13H,9-10H2,1-2H3,(H,20,22)(H,21,23). The number of benzene rings is 2. The molecule has 2 aromatic carbocycles. The van der Waals surface area contributed by atoms with Gasteiger partial charge in [-0.05, 0) is 43.7 Å². The first-order valence-corrected chi connectivity index (χ1v) is 11.0. The number of fused-ring (bicyclic) bond motifs is 1. The lowest BCUT2D eigenvalue weighted by Gasteiger charge is -2.21. The number of nitrogens with one attached hydrogen (secondary N) is 2. The van der Waals surface area contributed by atoms with Crippen LogP contribution in [0.15, 0.2) is 52.3 Å². The number of sulfone groups is 1. The fraction of sp³-hybridized carbons (Fsp3) is 0.263. The molecule has 8 heteroatoms. The lowest BCUT2D eigenvalue weighted by Crippen LogP contribution is -2.26. The zero-order valence-electron chi connectivity index (χ0n) is 15.0. The third kappa shape index (κ3) is 4.51. The van der Waals surface area contributed by atoms with Crippen LogP contribution in [0.4, 0.5) is 11.4 Å². The minimum atomic E-state index is -3.64. The minimum Gasteiger partial charge on any atom is -0.326 e. The number of aryl methyl sites for hydroxylation is 1. The van der Waals surface area contributed by atoms with E-state index in [0.29, 0.717) is 11.4 Å². The Kier molecular flexibility index (Phi) is 5.57. The largest absolute Gasteiger partial charge is 0.326 e. The fourth-order valence-corrected chi connectivity index (χ4v) is 4.85. The predicted molar refractivity (Wildman–Crippen MR) is 107 cm³/mol. The Bertz CT molecular complexity index is 1000. The molecule has 142 valence electrons. The fourth-order valence-electron chi connectivity index (χ4n) is 2.65. The van der Waals surface area contributed by atoms with Crippen LogP contribution in [0.2, 0.25) is 0 Å². The molecule has 0 saturated heterocycles. The van der Waals surface area contributed by atoms with Crippen molar-refractivity contribution in [3.8, 4) is 0 Å². The number of hydrogen-bond acceptors (Lipinski definition) is 5. The average Bonchev–Trinajstić information content (AvgIpc) is 2.62. The van der Waals surface area contributed by atoms with Crippen molar-refractivity contribution < 1.29 is 18.0 Å². The van der Waals surface area contributed by atoms with Crippen molar-refractivity contribution in [3.05, 3.63) is 48.0 Å². The molecule has 1 aliphatic heterocycles. The second-order valence-corrected chi connectivity index (χ2v) is 9.83. The molecule has 0 aliphatic carbocycles. The number of carbonyl (C=O) groups is 2. The monoisotopic (exact) mass is 404 g/mol. The van der Waals surface area contributed by atoms with Gasteiger partial charge in [0.25, 0.3) is 0 Å². The van der Waals surface area contributed by atoms with E-state index < -0.39 is 9.84 Å². The van der Waals surface area contributed by atoms with Crippen LogP contribution >= 0.6 is 11.8 Å². The predicted octanol–water partition coefficient (Wildman–Crippen LogP) is 3.23. The molecule has 6 nitrogen and oxygen atoms in total. The molecule has 0 radical (unpaired) electrons. The molecule has 0 aromatic heterocycles. The highest BCUT2D eigenvalue weighted by Crippen LogP contribution is 2.36. The molecule has 0 bridgehead atoms. The molecular weight excluding hydrogens is 384 g/mol. The number of amides is 2. The number of thioether (sulfide) groups is 1. The maximum atomic E-state index is 12.6. The summed E-state index contributed by atoms with van der Waals surface area (Å²) in [5, 5.41) is 5.24. The van der Waals surface area contributed by atoms with Crippen molar-refractivity contribution in [3.63, 3.8) is 0 Å². The van der Waals surface area contributed by atoms with E-state index in [1.165, 1.54) is 23.9 Å². The minimum absolute atomic E-state index is 0.0976. The highest BCUT2D eigenvalue weighted by molar-refractivity contribution is 8.01. The lowest BCUT2D eigenvalue weighted by molar-refractivity contribution is -0.116. The maximum Gasteiger partial charge on any atom is 0.237 e. The summed E-state index contributed by atoms with van der Waals surface area (Å²) in [7, 11) is -3.64. The molecule has 1 aliphatic rings. The molecule has 0 saturated carbocycles. The van der Waals surface area contributed by atoms with E-state index in [2.05, 4.69) is 10.6 Å². The summed E-state index contributed by atoms with van der Waals surface area (Å²) in [5.41, 5.74) is 2.07. The molecule has 1 unspecified atom stereocenters. The highest BCUT2D eigenvalue weighted by Gasteiger charge is 2.25. The van der Waals surface area contributed by atoms with Gasteiger partial charge in [-0.15, -0.1) is 11.8 Å². The molecule has 0 spiro atoms. The zero-order valence-corrected chi connectivity index (χ0v) is 16.6. The van der Waals surface area contributed by atoms with Crippen molar-refractivity contribution in [2.75, 3.05) is 16.4 Å². The topological polar surface area (TPSA) is 92.3 Å². The van der Waals surface area contributed by atoms with E-state index in [9.17, 15) is 18.0 Å². The molecule has 1 heterocycles. The van der Waals surface area contributed by atoms with Crippen LogP contribution in [0.3, 0.4) is 0 Å². The summed E-state index contributed by atoms with van der Waals surface area (Å²) in [4.78, 5) is 24.8. The summed E-state index contributed by atoms with van der Waals surface area (Å²) in [5.74, 6) is -0.816. The molecule has 2 N–H and O–H groups in total. The van der Waals surface area contributed by atoms with E-state index in [4.69, 9.17) is 0 Å². The van der Waals surface area contributed by atoms with Crippen LogP contribution < -0.4 is 10.6 Å². The highest BCUT2D eigenvalue weighted by atomic mass is 32.2. The van der Waals surface area contributed by atoms with E-state index >= 15 is 0 Å². The Labute approximate surface area is 162 Å². The van der Waals surface area contributed by atoms with Gasteiger partial charge in [0.15, 0.2) is 9.84 Å². The Hall–Kier alpha value is -2.32. The van der Waals surface area contributed by atoms with Gasteiger partial charge in [-0.2, -0.15) is 0 Å². The first-order chi connectivity index (χ1) is 12.8. The van der Waals surface area contributed by atoms with Crippen LogP contribution in [0.25, 0.3) is 0 Å². The molecule has 3 rings (SSSR count). The van der Waals surface area contributed by atoms with Crippen LogP contribution in [-0.2, 0) is 19.4 Å². The SMILES string of the molecule is Cc1ccccc1NC(=O)CCS(=O)(=O)c1ccc2c(c1)NC(=O)C(C)S2. The van der Waals surface area contributed by atoms with E-state index in [1.54, 1.807) is 25.1 Å². The summed E-state index contributed by atoms with van der Waals surface area (Å²) < 4.78 is 25.2. The summed E-state index contributed by atoms with van der Waals surface area (Å²) in [6.45, 7) is 3.66. The summed E-state index contributed by atoms with van der Waals surface area (Å²) in [6.07, 6.45) is -0.147. The normalized spacial score (nSPS) is 16.4. The van der Waals surface area contributed by atoms with E-state index in [1.807, 2.05) is 19.1 Å². The van der Waals surface area contributed by atoms with Crippen molar-refractivity contribution in [1.82, 2.24) is 0 Å². The molecule has 1 atom stereocenters. The summed E-state index contributed by atoms with van der Waals surface area (Å²) in [6, 6.07) is 12.0. The van der Waals surface area contributed by atoms with Crippen molar-refractivity contribution in [1.29, 1.82) is 0 Å². The molecule has 2 aromatic rings. The number of rotatable bonds is 5. The van der Waals surface area contributed by atoms with Crippen molar-refractivity contribution >= 4 is 44.8 Å². The van der Waals surface area contributed by atoms with Gasteiger partial charge in [-0.1, -0.05) is 18.2 Å². The van der Waals surface area contributed by atoms with Gasteiger partial charge in [0.2, 0.25) is 11.8 Å². The first kappa shape index (κ1) is 19.4. The lowest BCUT2D eigenvalue weighted by atomic mass is 10.2. The van der Waals surface area contributed by atoms with Crippen LogP contribution in [0.5, 0.6) is 0 Å². The van der Waals surface area contributed by atoms with Crippen LogP contribution in [0.1, 0.15) is 18.9 Å². The number of para-hydroxylation sites is 1. The van der Waals surface area contributed by atoms with Gasteiger partial charge in [0.05, 0.1) is 21.6 Å². The van der Waals surface area contributed by atoms with Crippen molar-refractivity contribution in [2.45, 2.75) is 35.3 Å². The maximum absolute atomic E-state index is 12.6. The second-order valence-electron chi connectivity index (χ2n) is 6.34. The van der Waals surface area contributed by atoms with Gasteiger partial charge in [-0.25, -0.2) is 8.42 Å². The van der Waals surface area contributed by atoms with Gasteiger partial charge >= 0.3 is 0 Å². The second kappa shape index (κ2) is 7.74. The van der Waals surface area contributed by atoms with Gasteiger partial charge < -0.3 is 10.6 Å². The quantitative estimate of drug-likeness (QED) is 0.798. The third-order valence-corrected chi connectivity index (χ3v) is 7.15. The van der Waals surface area contributed by atoms with Gasteiger partial charge in [0.1, 0.15) is 0 Å². The average molecular weight is 405 g/mol. The van der Waals surface area contributed by atoms with Crippen LogP contribution in [0, 0.1) is 6.92 Å². The number of anilines is 2. The number of carbonyl (C=O) groups excluding carboxylic acids is 2. The Balaban J connectivity index is 1.68. The summed E-state index contributed by atoms with van der Waals surface area (Å²) >= 11 is 1.39. The molecule has 0 fully saturated rings. The molecular formula is C19H20N2O4S2. The van der Waals surface area contributed by atoms with Crippen LogP contribution in [-0.4, -0.2) is 31.2 Å². The smallest absolute Gasteiger partial charge is 0.237 e. The molecule has 2 amide bonds. The first-order valence-electron chi connectivity index (χ1n) is 8.46. The zero-order chi connectivity index (χ0) is 19.6. The molecule has 27 heavy (non-hydrogen) atoms. The Morgan fingerprint density at radius 3 is 2.70 bits per heavy atom. The van der Waals surface area contributed by atoms with Crippen molar-refractivity contribution in [2.24, 2.45) is 0 Å². The number of hydrogen-bond donors (Lipinski definition) is 2. The van der Waals surface area contributed by atoms with Gasteiger partial charge in [0, 0.05) is 17.0 Å².